The van der Waals surface area contributed by atoms with Crippen LogP contribution in [0.25, 0.3) is 0 Å². The number of carbonyl (C=O) groups is 1. The van der Waals surface area contributed by atoms with E-state index in [1.807, 2.05) is 18.2 Å². The van der Waals surface area contributed by atoms with Gasteiger partial charge in [0.1, 0.15) is 11.6 Å². The van der Waals surface area contributed by atoms with Gasteiger partial charge in [-0.25, -0.2) is 4.39 Å². The molecule has 0 atom stereocenters. The average molecular weight is 314 g/mol. The Morgan fingerprint density at radius 2 is 1.96 bits per heavy atom. The molecule has 1 saturated carbocycles. The molecule has 0 aromatic heterocycles. The number of hydrogen-bond donors (Lipinski definition) is 2. The van der Waals surface area contributed by atoms with E-state index >= 15 is 0 Å². The zero-order valence-corrected chi connectivity index (χ0v) is 12.7. The second-order valence-corrected chi connectivity index (χ2v) is 5.68. The van der Waals surface area contributed by atoms with E-state index in [-0.39, 0.29) is 12.5 Å². The molecule has 120 valence electrons. The molecule has 2 N–H and O–H groups in total. The lowest BCUT2D eigenvalue weighted by molar-refractivity contribution is -0.115. The second-order valence-electron chi connectivity index (χ2n) is 5.68. The number of rotatable bonds is 7. The Kier molecular flexibility index (Phi) is 4.88. The van der Waals surface area contributed by atoms with E-state index in [4.69, 9.17) is 4.74 Å². The fraction of sp³-hybridized carbons (Fsp3) is 0.278. The first-order chi connectivity index (χ1) is 11.2. The molecule has 0 radical (unpaired) electrons. The second kappa shape index (κ2) is 7.24. The maximum atomic E-state index is 13.5. The number of hydrogen-bond acceptors (Lipinski definition) is 3. The highest BCUT2D eigenvalue weighted by atomic mass is 19.1. The number of amides is 1. The molecular formula is C18H19FN2O2. The first-order valence-corrected chi connectivity index (χ1v) is 7.74. The van der Waals surface area contributed by atoms with Gasteiger partial charge in [0.25, 0.3) is 0 Å². The van der Waals surface area contributed by atoms with Crippen molar-refractivity contribution in [2.75, 3.05) is 18.4 Å². The van der Waals surface area contributed by atoms with Crippen LogP contribution >= 0.6 is 0 Å². The summed E-state index contributed by atoms with van der Waals surface area (Å²) in [5, 5.41) is 5.80. The van der Waals surface area contributed by atoms with E-state index in [0.29, 0.717) is 23.1 Å². The predicted molar refractivity (Wildman–Crippen MR) is 87.1 cm³/mol. The third-order valence-corrected chi connectivity index (χ3v) is 3.60. The molecule has 1 aliphatic rings. The van der Waals surface area contributed by atoms with Crippen LogP contribution in [0.4, 0.5) is 10.1 Å². The van der Waals surface area contributed by atoms with Crippen molar-refractivity contribution in [3.63, 3.8) is 0 Å². The minimum atomic E-state index is -0.424. The Balaban J connectivity index is 1.64. The maximum absolute atomic E-state index is 13.5. The number of anilines is 1. The van der Waals surface area contributed by atoms with Gasteiger partial charge in [-0.1, -0.05) is 18.2 Å². The number of benzene rings is 2. The number of ether oxygens (including phenoxy) is 1. The Morgan fingerprint density at radius 1 is 1.17 bits per heavy atom. The number of para-hydroxylation sites is 1. The van der Waals surface area contributed by atoms with E-state index in [1.54, 1.807) is 12.1 Å². The van der Waals surface area contributed by atoms with E-state index in [0.717, 1.165) is 6.54 Å². The van der Waals surface area contributed by atoms with Gasteiger partial charge >= 0.3 is 0 Å². The molecule has 3 rings (SSSR count). The summed E-state index contributed by atoms with van der Waals surface area (Å²) in [7, 11) is 0. The predicted octanol–water partition coefficient (Wildman–Crippen LogP) is 3.56. The fourth-order valence-corrected chi connectivity index (χ4v) is 2.21. The van der Waals surface area contributed by atoms with Crippen LogP contribution in [0, 0.1) is 11.7 Å². The highest BCUT2D eigenvalue weighted by molar-refractivity contribution is 5.93. The molecule has 5 heteroatoms. The van der Waals surface area contributed by atoms with E-state index in [2.05, 4.69) is 10.6 Å². The number of halogens is 1. The van der Waals surface area contributed by atoms with Crippen molar-refractivity contribution in [3.8, 4) is 11.5 Å². The van der Waals surface area contributed by atoms with Crippen molar-refractivity contribution in [1.29, 1.82) is 0 Å². The molecule has 0 heterocycles. The van der Waals surface area contributed by atoms with Crippen LogP contribution in [0.3, 0.4) is 0 Å². The smallest absolute Gasteiger partial charge is 0.238 e. The molecule has 4 nitrogen and oxygen atoms in total. The van der Waals surface area contributed by atoms with E-state index < -0.39 is 5.82 Å². The topological polar surface area (TPSA) is 50.4 Å². The van der Waals surface area contributed by atoms with Gasteiger partial charge < -0.3 is 15.4 Å². The zero-order chi connectivity index (χ0) is 16.1. The highest BCUT2D eigenvalue weighted by Crippen LogP contribution is 2.30. The first kappa shape index (κ1) is 15.5. The SMILES string of the molecule is O=C(CNCC1CC1)Nc1cc(F)ccc1Oc1ccccc1. The van der Waals surface area contributed by atoms with Gasteiger partial charge in [-0.3, -0.25) is 4.79 Å². The van der Waals surface area contributed by atoms with Gasteiger partial charge in [0.05, 0.1) is 12.2 Å². The van der Waals surface area contributed by atoms with Crippen molar-refractivity contribution in [2.45, 2.75) is 12.8 Å². The third kappa shape index (κ3) is 4.79. The summed E-state index contributed by atoms with van der Waals surface area (Å²) in [6, 6.07) is 13.2. The molecule has 0 unspecified atom stereocenters. The quantitative estimate of drug-likeness (QED) is 0.821. The molecule has 1 aliphatic carbocycles. The van der Waals surface area contributed by atoms with Crippen LogP contribution in [0.5, 0.6) is 11.5 Å². The van der Waals surface area contributed by atoms with Crippen LogP contribution in [0.15, 0.2) is 48.5 Å². The van der Waals surface area contributed by atoms with Gasteiger partial charge in [0, 0.05) is 6.07 Å². The Morgan fingerprint density at radius 3 is 2.70 bits per heavy atom. The van der Waals surface area contributed by atoms with Gasteiger partial charge in [-0.05, 0) is 49.6 Å². The van der Waals surface area contributed by atoms with Crippen LogP contribution < -0.4 is 15.4 Å². The summed E-state index contributed by atoms with van der Waals surface area (Å²) < 4.78 is 19.2. The van der Waals surface area contributed by atoms with Gasteiger partial charge in [0.2, 0.25) is 5.91 Å². The monoisotopic (exact) mass is 314 g/mol. The molecular weight excluding hydrogens is 295 g/mol. The average Bonchev–Trinajstić information content (AvgIpc) is 3.35. The summed E-state index contributed by atoms with van der Waals surface area (Å²) in [5.41, 5.74) is 0.326. The van der Waals surface area contributed by atoms with Crippen molar-refractivity contribution in [1.82, 2.24) is 5.32 Å². The maximum Gasteiger partial charge on any atom is 0.238 e. The van der Waals surface area contributed by atoms with Crippen molar-refractivity contribution in [3.05, 3.63) is 54.3 Å². The number of carbonyl (C=O) groups excluding carboxylic acids is 1. The van der Waals surface area contributed by atoms with Crippen LogP contribution in [0.1, 0.15) is 12.8 Å². The van der Waals surface area contributed by atoms with Crippen LogP contribution in [-0.4, -0.2) is 19.0 Å². The minimum absolute atomic E-state index is 0.206. The molecule has 0 aliphatic heterocycles. The zero-order valence-electron chi connectivity index (χ0n) is 12.7. The van der Waals surface area contributed by atoms with E-state index in [1.165, 1.54) is 31.0 Å². The molecule has 1 amide bonds. The van der Waals surface area contributed by atoms with E-state index in [9.17, 15) is 9.18 Å². The summed E-state index contributed by atoms with van der Waals surface area (Å²) in [4.78, 5) is 12.0. The fourth-order valence-electron chi connectivity index (χ4n) is 2.21. The standard InChI is InChI=1S/C18H19FN2O2/c19-14-8-9-17(23-15-4-2-1-3-5-15)16(10-14)21-18(22)12-20-11-13-6-7-13/h1-5,8-10,13,20H,6-7,11-12H2,(H,21,22). The summed E-state index contributed by atoms with van der Waals surface area (Å²) in [5.74, 6) is 1.10. The summed E-state index contributed by atoms with van der Waals surface area (Å²) in [6.07, 6.45) is 2.46. The molecule has 2 aromatic carbocycles. The normalized spacial score (nSPS) is 13.6. The van der Waals surface area contributed by atoms with Gasteiger partial charge in [0.15, 0.2) is 5.75 Å². The number of nitrogens with one attached hydrogen (secondary N) is 2. The molecule has 1 fully saturated rings. The Bertz CT molecular complexity index is 672. The molecule has 2 aromatic rings. The van der Waals surface area contributed by atoms with Crippen molar-refractivity contribution in [2.24, 2.45) is 5.92 Å². The van der Waals surface area contributed by atoms with Gasteiger partial charge in [-0.15, -0.1) is 0 Å². The van der Waals surface area contributed by atoms with Crippen molar-refractivity contribution < 1.29 is 13.9 Å². The molecule has 0 saturated heterocycles. The van der Waals surface area contributed by atoms with Gasteiger partial charge in [-0.2, -0.15) is 0 Å². The minimum Gasteiger partial charge on any atom is -0.455 e. The Labute approximate surface area is 134 Å². The lowest BCUT2D eigenvalue weighted by Gasteiger charge is -2.13. The molecule has 0 spiro atoms. The van der Waals surface area contributed by atoms with Crippen LogP contribution in [0.2, 0.25) is 0 Å². The first-order valence-electron chi connectivity index (χ1n) is 7.74. The summed E-state index contributed by atoms with van der Waals surface area (Å²) in [6.45, 7) is 1.06. The van der Waals surface area contributed by atoms with Crippen LogP contribution in [-0.2, 0) is 4.79 Å². The summed E-state index contributed by atoms with van der Waals surface area (Å²) >= 11 is 0. The largest absolute Gasteiger partial charge is 0.455 e. The third-order valence-electron chi connectivity index (χ3n) is 3.60. The lowest BCUT2D eigenvalue weighted by Crippen LogP contribution is -2.29. The van der Waals surface area contributed by atoms with Crippen molar-refractivity contribution >= 4 is 11.6 Å². The molecule has 23 heavy (non-hydrogen) atoms. The molecule has 0 bridgehead atoms. The Hall–Kier alpha value is -2.40. The highest BCUT2D eigenvalue weighted by Gasteiger charge is 2.20. The lowest BCUT2D eigenvalue weighted by atomic mass is 10.2.